The summed E-state index contributed by atoms with van der Waals surface area (Å²) in [4.78, 5) is 28.7. The number of carbonyl (C=O) groups is 1. The van der Waals surface area contributed by atoms with Gasteiger partial charge in [-0.05, 0) is 36.0 Å². The van der Waals surface area contributed by atoms with Crippen molar-refractivity contribution in [2.24, 2.45) is 0 Å². The molecule has 0 saturated carbocycles. The van der Waals surface area contributed by atoms with Crippen LogP contribution >= 0.6 is 12.2 Å². The minimum Gasteiger partial charge on any atom is -0.493 e. The molecule has 0 atom stereocenters. The molecule has 1 aromatic carbocycles. The molecule has 0 aliphatic rings. The summed E-state index contributed by atoms with van der Waals surface area (Å²) in [6.45, 7) is -3.01. The Morgan fingerprint density at radius 3 is 2.50 bits per heavy atom. The molecular weight excluding hydrogens is 370 g/mol. The molecule has 138 valence electrons. The SMILES string of the molecule is COC(=O)/C(=C\c1ccc(OC(F)F)c(OC)c1)c1cc(=O)[nH]c(=S)[nH]1. The summed E-state index contributed by atoms with van der Waals surface area (Å²) >= 11 is 4.89. The molecule has 0 saturated heterocycles. The molecule has 10 heteroatoms. The Morgan fingerprint density at radius 1 is 1.19 bits per heavy atom. The molecule has 7 nitrogen and oxygen atoms in total. The highest BCUT2D eigenvalue weighted by Gasteiger charge is 2.16. The molecule has 2 N–H and O–H groups in total. The molecule has 0 fully saturated rings. The standard InChI is InChI=1S/C16H14F2N2O5S/c1-23-12-6-8(3-4-11(12)25-15(17)18)5-9(14(22)24-2)10-7-13(21)20-16(26)19-10/h3-7,15H,1-2H3,(H2,19,20,21,26)/b9-5-. The van der Waals surface area contributed by atoms with Crippen molar-refractivity contribution < 1.29 is 27.8 Å². The zero-order chi connectivity index (χ0) is 19.3. The molecule has 0 radical (unpaired) electrons. The number of alkyl halides is 2. The highest BCUT2D eigenvalue weighted by atomic mass is 32.1. The maximum atomic E-state index is 12.4. The van der Waals surface area contributed by atoms with Crippen molar-refractivity contribution in [2.45, 2.75) is 6.61 Å². The van der Waals surface area contributed by atoms with E-state index < -0.39 is 18.1 Å². The number of halogens is 2. The average molecular weight is 384 g/mol. The minimum atomic E-state index is -3.01. The molecule has 0 amide bonds. The van der Waals surface area contributed by atoms with Gasteiger partial charge < -0.3 is 19.2 Å². The molecule has 26 heavy (non-hydrogen) atoms. The van der Waals surface area contributed by atoms with Crippen molar-refractivity contribution in [3.05, 3.63) is 50.6 Å². The van der Waals surface area contributed by atoms with E-state index in [2.05, 4.69) is 14.7 Å². The summed E-state index contributed by atoms with van der Waals surface area (Å²) in [5, 5.41) is 0. The third-order valence-corrected chi connectivity index (χ3v) is 3.37. The van der Waals surface area contributed by atoms with E-state index in [1.165, 1.54) is 38.5 Å². The minimum absolute atomic E-state index is 0.00859. The lowest BCUT2D eigenvalue weighted by Crippen LogP contribution is -2.12. The first-order valence-electron chi connectivity index (χ1n) is 7.11. The molecule has 1 aromatic heterocycles. The number of H-pyrrole nitrogens is 2. The molecule has 2 aromatic rings. The highest BCUT2D eigenvalue weighted by molar-refractivity contribution is 7.71. The smallest absolute Gasteiger partial charge is 0.387 e. The van der Waals surface area contributed by atoms with E-state index >= 15 is 0 Å². The second-order valence-electron chi connectivity index (χ2n) is 4.84. The highest BCUT2D eigenvalue weighted by Crippen LogP contribution is 2.31. The molecular formula is C16H14F2N2O5S. The Hall–Kier alpha value is -3.01. The van der Waals surface area contributed by atoms with Crippen LogP contribution in [-0.2, 0) is 9.53 Å². The lowest BCUT2D eigenvalue weighted by molar-refractivity contribution is -0.133. The van der Waals surface area contributed by atoms with Crippen molar-refractivity contribution in [3.8, 4) is 11.5 Å². The zero-order valence-corrected chi connectivity index (χ0v) is 14.5. The third-order valence-electron chi connectivity index (χ3n) is 3.17. The van der Waals surface area contributed by atoms with E-state index in [0.29, 0.717) is 5.56 Å². The van der Waals surface area contributed by atoms with Gasteiger partial charge in [0.1, 0.15) is 0 Å². The summed E-state index contributed by atoms with van der Waals surface area (Å²) in [5.74, 6) is -0.843. The van der Waals surface area contributed by atoms with Crippen LogP contribution < -0.4 is 15.0 Å². The maximum Gasteiger partial charge on any atom is 0.387 e. The summed E-state index contributed by atoms with van der Waals surface area (Å²) in [7, 11) is 2.47. The van der Waals surface area contributed by atoms with Crippen LogP contribution in [0.4, 0.5) is 8.78 Å². The maximum absolute atomic E-state index is 12.4. The Morgan fingerprint density at radius 2 is 1.92 bits per heavy atom. The second-order valence-corrected chi connectivity index (χ2v) is 5.25. The average Bonchev–Trinajstić information content (AvgIpc) is 2.58. The number of rotatable bonds is 6. The van der Waals surface area contributed by atoms with E-state index in [9.17, 15) is 18.4 Å². The van der Waals surface area contributed by atoms with Gasteiger partial charge in [0.2, 0.25) is 0 Å². The van der Waals surface area contributed by atoms with Gasteiger partial charge in [0.05, 0.1) is 25.5 Å². The van der Waals surface area contributed by atoms with Crippen LogP contribution in [0.25, 0.3) is 11.6 Å². The van der Waals surface area contributed by atoms with E-state index in [-0.39, 0.29) is 27.5 Å². The molecule has 2 rings (SSSR count). The summed E-state index contributed by atoms with van der Waals surface area (Å²) < 4.78 is 38.9. The fourth-order valence-corrected chi connectivity index (χ4v) is 2.31. The topological polar surface area (TPSA) is 93.4 Å². The first-order chi connectivity index (χ1) is 12.3. The Kier molecular flexibility index (Phi) is 6.23. The van der Waals surface area contributed by atoms with Gasteiger partial charge in [-0.3, -0.25) is 9.78 Å². The monoisotopic (exact) mass is 384 g/mol. The van der Waals surface area contributed by atoms with Gasteiger partial charge >= 0.3 is 12.6 Å². The number of carbonyl (C=O) groups excluding carboxylic acids is 1. The summed E-state index contributed by atoms with van der Waals surface area (Å²) in [6.07, 6.45) is 1.39. The summed E-state index contributed by atoms with van der Waals surface area (Å²) in [6, 6.07) is 5.24. The Labute approximate surface area is 151 Å². The molecule has 0 aliphatic heterocycles. The number of hydrogen-bond donors (Lipinski definition) is 2. The number of aromatic amines is 2. The molecule has 0 aliphatic carbocycles. The van der Waals surface area contributed by atoms with Crippen molar-refractivity contribution in [1.29, 1.82) is 0 Å². The van der Waals surface area contributed by atoms with Gasteiger partial charge in [-0.15, -0.1) is 0 Å². The van der Waals surface area contributed by atoms with Crippen molar-refractivity contribution in [3.63, 3.8) is 0 Å². The molecule has 0 spiro atoms. The number of nitrogens with one attached hydrogen (secondary N) is 2. The molecule has 0 unspecified atom stereocenters. The predicted molar refractivity (Wildman–Crippen MR) is 91.8 cm³/mol. The fourth-order valence-electron chi connectivity index (χ4n) is 2.10. The summed E-state index contributed by atoms with van der Waals surface area (Å²) in [5.41, 5.74) is 0.0621. The number of methoxy groups -OCH3 is 2. The van der Waals surface area contributed by atoms with E-state index in [0.717, 1.165) is 6.07 Å². The number of hydrogen-bond acceptors (Lipinski definition) is 6. The van der Waals surface area contributed by atoms with Gasteiger partial charge in [-0.25, -0.2) is 4.79 Å². The molecule has 0 bridgehead atoms. The van der Waals surface area contributed by atoms with Crippen molar-refractivity contribution >= 4 is 29.8 Å². The lowest BCUT2D eigenvalue weighted by Gasteiger charge is -2.11. The van der Waals surface area contributed by atoms with Gasteiger partial charge in [0, 0.05) is 6.07 Å². The van der Waals surface area contributed by atoms with Crippen molar-refractivity contribution in [2.75, 3.05) is 14.2 Å². The number of aromatic nitrogens is 2. The quantitative estimate of drug-likeness (QED) is 0.452. The van der Waals surface area contributed by atoms with E-state index in [4.69, 9.17) is 21.7 Å². The largest absolute Gasteiger partial charge is 0.493 e. The zero-order valence-electron chi connectivity index (χ0n) is 13.7. The van der Waals surface area contributed by atoms with Crippen molar-refractivity contribution in [1.82, 2.24) is 9.97 Å². The van der Waals surface area contributed by atoms with Crippen LogP contribution in [0.1, 0.15) is 11.3 Å². The van der Waals surface area contributed by atoms with Gasteiger partial charge in [-0.2, -0.15) is 8.78 Å². The third kappa shape index (κ3) is 4.76. The van der Waals surface area contributed by atoms with Crippen LogP contribution in [0.2, 0.25) is 0 Å². The normalized spacial score (nSPS) is 11.3. The first-order valence-corrected chi connectivity index (χ1v) is 7.51. The number of esters is 1. The van der Waals surface area contributed by atoms with Crippen LogP contribution in [0, 0.1) is 4.77 Å². The van der Waals surface area contributed by atoms with Gasteiger partial charge in [-0.1, -0.05) is 6.07 Å². The van der Waals surface area contributed by atoms with Crippen LogP contribution in [0.15, 0.2) is 29.1 Å². The predicted octanol–water partition coefficient (Wildman–Crippen LogP) is 2.76. The van der Waals surface area contributed by atoms with Crippen LogP contribution in [0.5, 0.6) is 11.5 Å². The fraction of sp³-hybridized carbons (Fsp3) is 0.188. The molecule has 1 heterocycles. The first kappa shape index (κ1) is 19.3. The van der Waals surface area contributed by atoms with Crippen LogP contribution in [-0.4, -0.2) is 36.8 Å². The Bertz CT molecular complexity index is 924. The van der Waals surface area contributed by atoms with Gasteiger partial charge in [0.15, 0.2) is 16.3 Å². The number of benzene rings is 1. The Balaban J connectivity index is 2.55. The van der Waals surface area contributed by atoms with Crippen LogP contribution in [0.3, 0.4) is 0 Å². The van der Waals surface area contributed by atoms with E-state index in [1.807, 2.05) is 0 Å². The number of ether oxygens (including phenoxy) is 3. The van der Waals surface area contributed by atoms with Gasteiger partial charge in [0.25, 0.3) is 5.56 Å². The lowest BCUT2D eigenvalue weighted by atomic mass is 10.1. The second kappa shape index (κ2) is 8.39. The van der Waals surface area contributed by atoms with E-state index in [1.54, 1.807) is 0 Å².